The summed E-state index contributed by atoms with van der Waals surface area (Å²) in [6.45, 7) is -0.0941. The minimum atomic E-state index is -4.44. The Kier molecular flexibility index (Phi) is 7.44. The Morgan fingerprint density at radius 3 is 2.67 bits per heavy atom. The lowest BCUT2D eigenvalue weighted by molar-refractivity contribution is -0.136. The van der Waals surface area contributed by atoms with Gasteiger partial charge in [0.2, 0.25) is 10.0 Å². The second-order valence-electron chi connectivity index (χ2n) is 9.22. The largest absolute Gasteiger partial charge is 0.447 e. The van der Waals surface area contributed by atoms with Gasteiger partial charge in [0.1, 0.15) is 12.6 Å². The number of carbonyl (C=O) groups is 2. The smallest absolute Gasteiger partial charge is 0.410 e. The fourth-order valence-corrected chi connectivity index (χ4v) is 6.85. The highest BCUT2D eigenvalue weighted by Gasteiger charge is 2.55. The molecule has 208 valence electrons. The van der Waals surface area contributed by atoms with Crippen molar-refractivity contribution < 1.29 is 41.8 Å². The monoisotopic (exact) mass is 562 g/mol. The molecule has 12 nitrogen and oxygen atoms in total. The van der Waals surface area contributed by atoms with Crippen LogP contribution in [0.1, 0.15) is 12.8 Å². The summed E-state index contributed by atoms with van der Waals surface area (Å²) in [5, 5.41) is 10.2. The Balaban J connectivity index is 1.40. The van der Waals surface area contributed by atoms with Crippen molar-refractivity contribution in [1.82, 2.24) is 19.7 Å². The van der Waals surface area contributed by atoms with Crippen LogP contribution in [-0.2, 0) is 24.3 Å². The molecule has 0 unspecified atom stereocenters. The van der Waals surface area contributed by atoms with E-state index in [2.05, 4.69) is 4.98 Å². The van der Waals surface area contributed by atoms with E-state index in [9.17, 15) is 23.2 Å². The quantitative estimate of drug-likeness (QED) is 0.215. The number of rotatable bonds is 8. The molecule has 1 aromatic heterocycles. The predicted octanol–water partition coefficient (Wildman–Crippen LogP) is 2.59. The Morgan fingerprint density at radius 1 is 1.15 bits per heavy atom. The van der Waals surface area contributed by atoms with E-state index in [0.717, 1.165) is 21.3 Å². The predicted molar refractivity (Wildman–Crippen MR) is 134 cm³/mol. The van der Waals surface area contributed by atoms with Gasteiger partial charge < -0.3 is 19.2 Å². The maximum absolute atomic E-state index is 15.1. The molecule has 14 heteroatoms. The zero-order valence-corrected chi connectivity index (χ0v) is 21.7. The SMILES string of the molecule is COCCOC(=O)N1[C@@H]2CC[C@H]1[C@H](C(=O)NO)N(S(=O)(=O)c1ccc(Oc3cc4ccccc4[nH]3)c(F)c1)C2. The number of nitrogens with one attached hydrogen (secondary N) is 2. The molecule has 39 heavy (non-hydrogen) atoms. The zero-order valence-electron chi connectivity index (χ0n) is 20.9. The van der Waals surface area contributed by atoms with E-state index in [1.807, 2.05) is 24.3 Å². The van der Waals surface area contributed by atoms with E-state index >= 15 is 4.39 Å². The lowest BCUT2D eigenvalue weighted by atomic mass is 10.1. The average molecular weight is 563 g/mol. The minimum Gasteiger partial charge on any atom is -0.447 e. The number of aromatic nitrogens is 1. The number of para-hydroxylation sites is 1. The number of nitrogens with zero attached hydrogens (tertiary/aromatic N) is 2. The normalized spacial score (nSPS) is 21.2. The van der Waals surface area contributed by atoms with E-state index < -0.39 is 50.9 Å². The summed E-state index contributed by atoms with van der Waals surface area (Å²) >= 11 is 0. The minimum absolute atomic E-state index is 0.0175. The van der Waals surface area contributed by atoms with Crippen LogP contribution in [0.3, 0.4) is 0 Å². The molecule has 3 aromatic rings. The topological polar surface area (TPSA) is 150 Å². The number of carbonyl (C=O) groups excluding carboxylic acids is 2. The van der Waals surface area contributed by atoms with Gasteiger partial charge in [-0.1, -0.05) is 18.2 Å². The first-order valence-electron chi connectivity index (χ1n) is 12.2. The fourth-order valence-electron chi connectivity index (χ4n) is 5.19. The van der Waals surface area contributed by atoms with Gasteiger partial charge in [-0.25, -0.2) is 23.1 Å². The number of fused-ring (bicyclic) bond motifs is 3. The highest BCUT2D eigenvalue weighted by molar-refractivity contribution is 7.89. The molecule has 0 saturated carbocycles. The van der Waals surface area contributed by atoms with Crippen LogP contribution in [0.25, 0.3) is 10.9 Å². The summed E-state index contributed by atoms with van der Waals surface area (Å²) in [6, 6.07) is 9.32. The van der Waals surface area contributed by atoms with Gasteiger partial charge in [-0.3, -0.25) is 14.9 Å². The molecule has 2 amide bonds. The van der Waals surface area contributed by atoms with Crippen LogP contribution in [0.4, 0.5) is 9.18 Å². The van der Waals surface area contributed by atoms with Crippen LogP contribution in [0.5, 0.6) is 11.6 Å². The van der Waals surface area contributed by atoms with Crippen molar-refractivity contribution in [3.8, 4) is 11.6 Å². The number of aromatic amines is 1. The van der Waals surface area contributed by atoms with Gasteiger partial charge >= 0.3 is 6.09 Å². The van der Waals surface area contributed by atoms with Gasteiger partial charge in [-0.15, -0.1) is 0 Å². The summed E-state index contributed by atoms with van der Waals surface area (Å²) in [5.41, 5.74) is 2.29. The molecule has 5 rings (SSSR count). The third kappa shape index (κ3) is 5.03. The molecule has 0 aliphatic carbocycles. The molecule has 2 saturated heterocycles. The van der Waals surface area contributed by atoms with Crippen LogP contribution in [0.2, 0.25) is 0 Å². The number of halogens is 1. The Bertz CT molecular complexity index is 1460. The molecule has 2 aliphatic rings. The number of piperazine rings is 1. The van der Waals surface area contributed by atoms with Gasteiger partial charge in [-0.05, 0) is 37.1 Å². The van der Waals surface area contributed by atoms with Gasteiger partial charge in [0, 0.05) is 36.7 Å². The highest BCUT2D eigenvalue weighted by Crippen LogP contribution is 2.38. The average Bonchev–Trinajstić information content (AvgIpc) is 3.47. The molecule has 3 N–H and O–H groups in total. The summed E-state index contributed by atoms with van der Waals surface area (Å²) in [4.78, 5) is 29.4. The van der Waals surface area contributed by atoms with Crippen LogP contribution < -0.4 is 10.2 Å². The first-order valence-corrected chi connectivity index (χ1v) is 13.6. The molecule has 2 aliphatic heterocycles. The Labute approximate surface area is 223 Å². The molecule has 0 radical (unpaired) electrons. The third-order valence-corrected chi connectivity index (χ3v) is 8.79. The van der Waals surface area contributed by atoms with Crippen molar-refractivity contribution in [2.45, 2.75) is 35.9 Å². The maximum Gasteiger partial charge on any atom is 0.410 e. The first-order chi connectivity index (χ1) is 18.7. The molecule has 2 fully saturated rings. The van der Waals surface area contributed by atoms with E-state index in [1.165, 1.54) is 29.6 Å². The lowest BCUT2D eigenvalue weighted by Crippen LogP contribution is -2.66. The summed E-state index contributed by atoms with van der Waals surface area (Å²) < 4.78 is 59.0. The molecular weight excluding hydrogens is 535 g/mol. The number of amides is 2. The number of H-pyrrole nitrogens is 1. The van der Waals surface area contributed by atoms with Crippen molar-refractivity contribution in [1.29, 1.82) is 0 Å². The van der Waals surface area contributed by atoms with Gasteiger partial charge in [0.05, 0.1) is 17.5 Å². The first kappa shape index (κ1) is 26.9. The lowest BCUT2D eigenvalue weighted by Gasteiger charge is -2.44. The van der Waals surface area contributed by atoms with Crippen molar-refractivity contribution in [3.63, 3.8) is 0 Å². The molecule has 3 heterocycles. The summed E-state index contributed by atoms with van der Waals surface area (Å²) in [7, 11) is -2.98. The Hall–Kier alpha value is -3.72. The fraction of sp³-hybridized carbons (Fsp3) is 0.360. The van der Waals surface area contributed by atoms with E-state index in [4.69, 9.17) is 14.2 Å². The summed E-state index contributed by atoms with van der Waals surface area (Å²) in [6.07, 6.45) is 0.00771. The van der Waals surface area contributed by atoms with Crippen molar-refractivity contribution in [2.75, 3.05) is 26.9 Å². The van der Waals surface area contributed by atoms with Crippen molar-refractivity contribution >= 4 is 32.9 Å². The van der Waals surface area contributed by atoms with E-state index in [1.54, 1.807) is 6.07 Å². The number of methoxy groups -OCH3 is 1. The molecule has 3 atom stereocenters. The van der Waals surface area contributed by atoms with Gasteiger partial charge in [-0.2, -0.15) is 4.31 Å². The van der Waals surface area contributed by atoms with Crippen molar-refractivity contribution in [2.24, 2.45) is 0 Å². The van der Waals surface area contributed by atoms with Gasteiger partial charge in [0.15, 0.2) is 17.4 Å². The van der Waals surface area contributed by atoms with Crippen molar-refractivity contribution in [3.05, 3.63) is 54.3 Å². The van der Waals surface area contributed by atoms with Crippen LogP contribution >= 0.6 is 0 Å². The van der Waals surface area contributed by atoms with Crippen LogP contribution in [0, 0.1) is 5.82 Å². The number of sulfonamides is 1. The Morgan fingerprint density at radius 2 is 1.95 bits per heavy atom. The zero-order chi connectivity index (χ0) is 27.7. The van der Waals surface area contributed by atoms with Gasteiger partial charge in [0.25, 0.3) is 5.91 Å². The standard InChI is InChI=1S/C25H27FN4O8S/c1-36-10-11-37-25(32)30-16-6-8-20(30)23(24(31)28-33)29(14-16)39(34,35)17-7-9-21(18(26)13-17)38-22-12-15-4-2-3-5-19(15)27-22/h2-5,7,9,12-13,16,20,23,27,33H,6,8,10-11,14H2,1H3,(H,28,31)/t16-,20+,23-/m1/s1. The molecule has 0 spiro atoms. The second-order valence-corrected chi connectivity index (χ2v) is 11.1. The van der Waals surface area contributed by atoms with E-state index in [0.29, 0.717) is 12.8 Å². The van der Waals surface area contributed by atoms with E-state index in [-0.39, 0.29) is 31.4 Å². The second kappa shape index (κ2) is 10.8. The molecule has 2 bridgehead atoms. The maximum atomic E-state index is 15.1. The number of ether oxygens (including phenoxy) is 3. The third-order valence-electron chi connectivity index (χ3n) is 6.95. The number of benzene rings is 2. The number of hydroxylamine groups is 1. The molecule has 2 aromatic carbocycles. The van der Waals surface area contributed by atoms with Crippen LogP contribution in [-0.4, -0.2) is 84.8 Å². The van der Waals surface area contributed by atoms with Crippen LogP contribution in [0.15, 0.2) is 53.4 Å². The highest BCUT2D eigenvalue weighted by atomic mass is 32.2. The number of hydrogen-bond acceptors (Lipinski definition) is 8. The molecular formula is C25H27FN4O8S. The summed E-state index contributed by atoms with van der Waals surface area (Å²) in [5.74, 6) is -1.87. The number of hydrogen-bond donors (Lipinski definition) is 3.